The molecule has 0 unspecified atom stereocenters. The van der Waals surface area contributed by atoms with Gasteiger partial charge >= 0.3 is 0 Å². The second kappa shape index (κ2) is 4.15. The third kappa shape index (κ3) is 1.84. The second-order valence-corrected chi connectivity index (χ2v) is 5.17. The Morgan fingerprint density at radius 1 is 1.12 bits per heavy atom. The molecule has 0 aromatic heterocycles. The molecule has 3 rings (SSSR count). The first-order valence-corrected chi connectivity index (χ1v) is 6.37. The summed E-state index contributed by atoms with van der Waals surface area (Å²) in [6.07, 6.45) is 2.90. The molecule has 1 spiro atoms. The van der Waals surface area contributed by atoms with E-state index in [1.54, 1.807) is 0 Å². The minimum atomic E-state index is -0.105. The van der Waals surface area contributed by atoms with Gasteiger partial charge in [0.25, 0.3) is 0 Å². The molecule has 1 atom stereocenters. The standard InChI is InChI=1S/C14H18N2O/c17-13-14(6-8-15-9-7-14)10-12(16-13)11-4-2-1-3-5-11/h1-5,12,15H,6-10H2,(H,16,17)/t12-/m1/s1. The van der Waals surface area contributed by atoms with E-state index < -0.39 is 0 Å². The summed E-state index contributed by atoms with van der Waals surface area (Å²) >= 11 is 0. The van der Waals surface area contributed by atoms with Gasteiger partial charge in [0.15, 0.2) is 0 Å². The third-order valence-corrected chi connectivity index (χ3v) is 4.14. The number of nitrogens with one attached hydrogen (secondary N) is 2. The first-order valence-electron chi connectivity index (χ1n) is 6.37. The Balaban J connectivity index is 1.82. The average Bonchev–Trinajstić information content (AvgIpc) is 2.69. The molecule has 1 aromatic carbocycles. The molecule has 0 radical (unpaired) electrons. The Morgan fingerprint density at radius 2 is 1.82 bits per heavy atom. The number of piperidine rings is 1. The highest BCUT2D eigenvalue weighted by Crippen LogP contribution is 2.43. The van der Waals surface area contributed by atoms with Crippen molar-refractivity contribution >= 4 is 5.91 Å². The van der Waals surface area contributed by atoms with Gasteiger partial charge in [-0.05, 0) is 37.9 Å². The summed E-state index contributed by atoms with van der Waals surface area (Å²) in [5.74, 6) is 0.257. The minimum Gasteiger partial charge on any atom is -0.349 e. The Kier molecular flexibility index (Phi) is 2.63. The topological polar surface area (TPSA) is 41.1 Å². The van der Waals surface area contributed by atoms with Gasteiger partial charge in [-0.2, -0.15) is 0 Å². The van der Waals surface area contributed by atoms with Gasteiger partial charge in [-0.15, -0.1) is 0 Å². The minimum absolute atomic E-state index is 0.105. The fourth-order valence-corrected chi connectivity index (χ4v) is 3.07. The van der Waals surface area contributed by atoms with Gasteiger partial charge in [0.1, 0.15) is 0 Å². The van der Waals surface area contributed by atoms with Crippen LogP contribution in [0.1, 0.15) is 30.9 Å². The third-order valence-electron chi connectivity index (χ3n) is 4.14. The van der Waals surface area contributed by atoms with E-state index in [9.17, 15) is 4.79 Å². The van der Waals surface area contributed by atoms with Crippen molar-refractivity contribution in [1.82, 2.24) is 10.6 Å². The summed E-state index contributed by atoms with van der Waals surface area (Å²) in [6, 6.07) is 10.5. The Hall–Kier alpha value is -1.35. The zero-order valence-electron chi connectivity index (χ0n) is 9.91. The Morgan fingerprint density at radius 3 is 2.53 bits per heavy atom. The first-order chi connectivity index (χ1) is 8.30. The summed E-state index contributed by atoms with van der Waals surface area (Å²) in [4.78, 5) is 12.2. The molecule has 0 saturated carbocycles. The van der Waals surface area contributed by atoms with E-state index in [4.69, 9.17) is 0 Å². The van der Waals surface area contributed by atoms with E-state index in [2.05, 4.69) is 22.8 Å². The van der Waals surface area contributed by atoms with Crippen molar-refractivity contribution in [3.8, 4) is 0 Å². The van der Waals surface area contributed by atoms with Gasteiger partial charge in [0.2, 0.25) is 5.91 Å². The molecule has 0 aliphatic carbocycles. The van der Waals surface area contributed by atoms with Crippen LogP contribution in [0.15, 0.2) is 30.3 Å². The van der Waals surface area contributed by atoms with Gasteiger partial charge in [-0.1, -0.05) is 30.3 Å². The lowest BCUT2D eigenvalue weighted by Gasteiger charge is -2.30. The molecule has 1 amide bonds. The molecule has 2 saturated heterocycles. The molecule has 90 valence electrons. The van der Waals surface area contributed by atoms with Crippen LogP contribution in [-0.4, -0.2) is 19.0 Å². The van der Waals surface area contributed by atoms with Crippen LogP contribution in [0.5, 0.6) is 0 Å². The molecule has 2 N–H and O–H groups in total. The molecular formula is C14H18N2O. The van der Waals surface area contributed by atoms with E-state index in [1.165, 1.54) is 5.56 Å². The molecule has 2 heterocycles. The highest BCUT2D eigenvalue weighted by molar-refractivity contribution is 5.85. The summed E-state index contributed by atoms with van der Waals surface area (Å²) in [6.45, 7) is 1.93. The fourth-order valence-electron chi connectivity index (χ4n) is 3.07. The van der Waals surface area contributed by atoms with Gasteiger partial charge in [0.05, 0.1) is 11.5 Å². The van der Waals surface area contributed by atoms with Crippen molar-refractivity contribution in [3.63, 3.8) is 0 Å². The van der Waals surface area contributed by atoms with Crippen LogP contribution >= 0.6 is 0 Å². The first kappa shape index (κ1) is 10.8. The van der Waals surface area contributed by atoms with Crippen LogP contribution in [0, 0.1) is 5.41 Å². The van der Waals surface area contributed by atoms with Crippen LogP contribution in [-0.2, 0) is 4.79 Å². The zero-order chi connectivity index (χ0) is 11.7. The highest BCUT2D eigenvalue weighted by Gasteiger charge is 2.47. The van der Waals surface area contributed by atoms with Crippen molar-refractivity contribution in [3.05, 3.63) is 35.9 Å². The van der Waals surface area contributed by atoms with Crippen molar-refractivity contribution in [2.24, 2.45) is 5.41 Å². The zero-order valence-corrected chi connectivity index (χ0v) is 9.91. The maximum absolute atomic E-state index is 12.2. The second-order valence-electron chi connectivity index (χ2n) is 5.17. The molecule has 0 bridgehead atoms. The normalized spacial score (nSPS) is 27.1. The van der Waals surface area contributed by atoms with E-state index >= 15 is 0 Å². The fraction of sp³-hybridized carbons (Fsp3) is 0.500. The average molecular weight is 230 g/mol. The predicted molar refractivity (Wildman–Crippen MR) is 66.5 cm³/mol. The van der Waals surface area contributed by atoms with Crippen molar-refractivity contribution < 1.29 is 4.79 Å². The number of hydrogen-bond acceptors (Lipinski definition) is 2. The van der Waals surface area contributed by atoms with E-state index in [-0.39, 0.29) is 17.4 Å². The maximum atomic E-state index is 12.2. The van der Waals surface area contributed by atoms with Crippen LogP contribution in [0.2, 0.25) is 0 Å². The smallest absolute Gasteiger partial charge is 0.226 e. The summed E-state index contributed by atoms with van der Waals surface area (Å²) in [5, 5.41) is 6.50. The quantitative estimate of drug-likeness (QED) is 0.769. The molecule has 3 heteroatoms. The predicted octanol–water partition coefficient (Wildman–Crippen LogP) is 1.62. The van der Waals surface area contributed by atoms with E-state index in [0.717, 1.165) is 32.4 Å². The van der Waals surface area contributed by atoms with Crippen LogP contribution in [0.4, 0.5) is 0 Å². The van der Waals surface area contributed by atoms with Crippen molar-refractivity contribution in [2.45, 2.75) is 25.3 Å². The monoisotopic (exact) mass is 230 g/mol. The lowest BCUT2D eigenvalue weighted by molar-refractivity contribution is -0.128. The summed E-state index contributed by atoms with van der Waals surface area (Å²) in [5.41, 5.74) is 1.13. The molecule has 2 aliphatic rings. The molecular weight excluding hydrogens is 212 g/mol. The Bertz CT molecular complexity index is 409. The number of benzene rings is 1. The van der Waals surface area contributed by atoms with Crippen LogP contribution < -0.4 is 10.6 Å². The van der Waals surface area contributed by atoms with Crippen molar-refractivity contribution in [2.75, 3.05) is 13.1 Å². The van der Waals surface area contributed by atoms with Gasteiger partial charge < -0.3 is 10.6 Å². The SMILES string of the molecule is O=C1N[C@@H](c2ccccc2)CC12CCNCC2. The summed E-state index contributed by atoms with van der Waals surface area (Å²) in [7, 11) is 0. The lowest BCUT2D eigenvalue weighted by Crippen LogP contribution is -2.41. The number of carbonyl (C=O) groups excluding carboxylic acids is 1. The van der Waals surface area contributed by atoms with Crippen LogP contribution in [0.3, 0.4) is 0 Å². The molecule has 3 nitrogen and oxygen atoms in total. The Labute approximate surface area is 102 Å². The van der Waals surface area contributed by atoms with E-state index in [0.29, 0.717) is 0 Å². The maximum Gasteiger partial charge on any atom is 0.226 e. The molecule has 1 aromatic rings. The van der Waals surface area contributed by atoms with Gasteiger partial charge in [0, 0.05) is 0 Å². The largest absolute Gasteiger partial charge is 0.349 e. The molecule has 17 heavy (non-hydrogen) atoms. The number of rotatable bonds is 1. The highest BCUT2D eigenvalue weighted by atomic mass is 16.2. The van der Waals surface area contributed by atoms with Gasteiger partial charge in [-0.3, -0.25) is 4.79 Å². The van der Waals surface area contributed by atoms with Crippen LogP contribution in [0.25, 0.3) is 0 Å². The number of carbonyl (C=O) groups is 1. The van der Waals surface area contributed by atoms with E-state index in [1.807, 2.05) is 18.2 Å². The molecule has 2 aliphatic heterocycles. The number of hydrogen-bond donors (Lipinski definition) is 2. The lowest BCUT2D eigenvalue weighted by atomic mass is 9.76. The van der Waals surface area contributed by atoms with Gasteiger partial charge in [-0.25, -0.2) is 0 Å². The van der Waals surface area contributed by atoms with Crippen molar-refractivity contribution in [1.29, 1.82) is 0 Å². The molecule has 2 fully saturated rings. The summed E-state index contributed by atoms with van der Waals surface area (Å²) < 4.78 is 0. The number of amides is 1.